The van der Waals surface area contributed by atoms with E-state index in [2.05, 4.69) is 5.10 Å². The molecule has 118 valence electrons. The number of aromatic nitrogens is 2. The molecule has 0 spiro atoms. The summed E-state index contributed by atoms with van der Waals surface area (Å²) in [7, 11) is 0. The molecule has 1 aliphatic heterocycles. The zero-order valence-corrected chi connectivity index (χ0v) is 12.3. The van der Waals surface area contributed by atoms with E-state index in [0.717, 1.165) is 12.8 Å². The summed E-state index contributed by atoms with van der Waals surface area (Å²) in [6.45, 7) is 4.48. The molecule has 0 unspecified atom stereocenters. The van der Waals surface area contributed by atoms with Gasteiger partial charge in [0, 0.05) is 19.6 Å². The Kier molecular flexibility index (Phi) is 5.13. The van der Waals surface area contributed by atoms with Gasteiger partial charge in [-0.05, 0) is 26.7 Å². The molecule has 1 fully saturated rings. The van der Waals surface area contributed by atoms with Gasteiger partial charge in [0.2, 0.25) is 0 Å². The monoisotopic (exact) mass is 299 g/mol. The van der Waals surface area contributed by atoms with E-state index in [1.54, 1.807) is 11.6 Å². The molecule has 0 saturated carbocycles. The third-order valence-corrected chi connectivity index (χ3v) is 3.61. The van der Waals surface area contributed by atoms with Crippen LogP contribution in [0.3, 0.4) is 0 Å². The summed E-state index contributed by atoms with van der Waals surface area (Å²) in [5.74, 6) is 0.0325. The fourth-order valence-electron chi connectivity index (χ4n) is 2.58. The van der Waals surface area contributed by atoms with E-state index in [9.17, 15) is 10.1 Å². The SMILES string of the molecule is Cc1c([N+](=O)[O-])c(OCCCO)nn1[C@H]1CCO[C@@H](C)C1. The lowest BCUT2D eigenvalue weighted by Crippen LogP contribution is -2.26. The van der Waals surface area contributed by atoms with Crippen LogP contribution in [0.5, 0.6) is 5.88 Å². The molecule has 0 radical (unpaired) electrons. The van der Waals surface area contributed by atoms with Gasteiger partial charge >= 0.3 is 11.6 Å². The minimum Gasteiger partial charge on any atom is -0.472 e. The lowest BCUT2D eigenvalue weighted by Gasteiger charge is -2.27. The van der Waals surface area contributed by atoms with Crippen molar-refractivity contribution < 1.29 is 19.5 Å². The zero-order chi connectivity index (χ0) is 15.4. The molecule has 21 heavy (non-hydrogen) atoms. The number of nitro groups is 1. The Morgan fingerprint density at radius 2 is 2.38 bits per heavy atom. The first kappa shape index (κ1) is 15.7. The van der Waals surface area contributed by atoms with Crippen LogP contribution in [-0.2, 0) is 4.74 Å². The molecule has 1 saturated heterocycles. The van der Waals surface area contributed by atoms with Gasteiger partial charge in [0.05, 0.1) is 23.7 Å². The van der Waals surface area contributed by atoms with Crippen molar-refractivity contribution >= 4 is 5.69 Å². The lowest BCUT2D eigenvalue weighted by molar-refractivity contribution is -0.386. The topological polar surface area (TPSA) is 99.7 Å². The van der Waals surface area contributed by atoms with Crippen molar-refractivity contribution in [3.05, 3.63) is 15.8 Å². The molecule has 2 heterocycles. The van der Waals surface area contributed by atoms with Gasteiger partial charge in [-0.2, -0.15) is 0 Å². The van der Waals surface area contributed by atoms with Gasteiger partial charge in [-0.25, -0.2) is 0 Å². The Labute approximate surface area is 122 Å². The van der Waals surface area contributed by atoms with Crippen LogP contribution in [0.25, 0.3) is 0 Å². The van der Waals surface area contributed by atoms with Gasteiger partial charge in [-0.3, -0.25) is 14.8 Å². The first-order valence-electron chi connectivity index (χ1n) is 7.13. The van der Waals surface area contributed by atoms with Crippen LogP contribution in [-0.4, -0.2) is 45.7 Å². The molecule has 0 bridgehead atoms. The molecule has 0 amide bonds. The molecule has 2 rings (SSSR count). The number of ether oxygens (including phenoxy) is 2. The minimum absolute atomic E-state index is 0.0229. The second-order valence-electron chi connectivity index (χ2n) is 5.23. The number of aliphatic hydroxyl groups is 1. The first-order chi connectivity index (χ1) is 10.0. The van der Waals surface area contributed by atoms with Crippen LogP contribution < -0.4 is 4.74 Å². The van der Waals surface area contributed by atoms with Crippen LogP contribution in [0, 0.1) is 17.0 Å². The number of hydrogen-bond acceptors (Lipinski definition) is 6. The standard InChI is InChI=1S/C13H21N3O5/c1-9-8-11(4-7-20-9)15-10(2)12(16(18)19)13(14-15)21-6-3-5-17/h9,11,17H,3-8H2,1-2H3/t9-,11-/m0/s1. The van der Waals surface area contributed by atoms with Gasteiger partial charge in [0.1, 0.15) is 5.69 Å². The molecule has 1 aliphatic rings. The van der Waals surface area contributed by atoms with Crippen molar-refractivity contribution in [1.29, 1.82) is 0 Å². The van der Waals surface area contributed by atoms with E-state index in [1.165, 1.54) is 0 Å². The first-order valence-corrected chi connectivity index (χ1v) is 7.13. The van der Waals surface area contributed by atoms with Gasteiger partial charge in [-0.15, -0.1) is 5.10 Å². The number of nitrogens with zero attached hydrogens (tertiary/aromatic N) is 3. The third-order valence-electron chi connectivity index (χ3n) is 3.61. The maximum absolute atomic E-state index is 11.2. The van der Waals surface area contributed by atoms with Gasteiger partial charge in [0.25, 0.3) is 0 Å². The second-order valence-corrected chi connectivity index (χ2v) is 5.23. The minimum atomic E-state index is -0.462. The zero-order valence-electron chi connectivity index (χ0n) is 12.3. The summed E-state index contributed by atoms with van der Waals surface area (Å²) in [6.07, 6.45) is 2.08. The molecular formula is C13H21N3O5. The predicted molar refractivity (Wildman–Crippen MR) is 74.5 cm³/mol. The largest absolute Gasteiger partial charge is 0.472 e. The quantitative estimate of drug-likeness (QED) is 0.486. The van der Waals surface area contributed by atoms with Crippen molar-refractivity contribution in [2.75, 3.05) is 19.8 Å². The van der Waals surface area contributed by atoms with E-state index in [-0.39, 0.29) is 36.9 Å². The Hall–Kier alpha value is -1.67. The molecule has 0 aromatic carbocycles. The molecule has 8 heteroatoms. The van der Waals surface area contributed by atoms with Crippen LogP contribution in [0.1, 0.15) is 37.9 Å². The van der Waals surface area contributed by atoms with E-state index in [4.69, 9.17) is 14.6 Å². The number of hydrogen-bond donors (Lipinski definition) is 1. The predicted octanol–water partition coefficient (Wildman–Crippen LogP) is 1.60. The molecule has 1 aromatic heterocycles. The fourth-order valence-corrected chi connectivity index (χ4v) is 2.58. The van der Waals surface area contributed by atoms with Crippen molar-refractivity contribution in [2.24, 2.45) is 0 Å². The summed E-state index contributed by atoms with van der Waals surface area (Å²) in [5.41, 5.74) is 0.408. The lowest BCUT2D eigenvalue weighted by atomic mass is 10.0. The van der Waals surface area contributed by atoms with E-state index in [0.29, 0.717) is 18.7 Å². The van der Waals surface area contributed by atoms with Crippen LogP contribution in [0.4, 0.5) is 5.69 Å². The molecule has 1 aromatic rings. The van der Waals surface area contributed by atoms with Crippen molar-refractivity contribution in [3.63, 3.8) is 0 Å². The highest BCUT2D eigenvalue weighted by Gasteiger charge is 2.31. The summed E-state index contributed by atoms with van der Waals surface area (Å²) < 4.78 is 12.5. The van der Waals surface area contributed by atoms with E-state index < -0.39 is 4.92 Å². The number of rotatable bonds is 6. The highest BCUT2D eigenvalue weighted by atomic mass is 16.6. The van der Waals surface area contributed by atoms with E-state index in [1.807, 2.05) is 6.92 Å². The maximum atomic E-state index is 11.2. The fraction of sp³-hybridized carbons (Fsp3) is 0.769. The Morgan fingerprint density at radius 3 is 3.00 bits per heavy atom. The van der Waals surface area contributed by atoms with Crippen molar-refractivity contribution in [1.82, 2.24) is 9.78 Å². The average Bonchev–Trinajstić information content (AvgIpc) is 2.76. The smallest absolute Gasteiger partial charge is 0.352 e. The highest BCUT2D eigenvalue weighted by molar-refractivity contribution is 5.45. The summed E-state index contributed by atoms with van der Waals surface area (Å²) in [6, 6.07) is 0.0858. The third kappa shape index (κ3) is 3.51. The highest BCUT2D eigenvalue weighted by Crippen LogP contribution is 2.35. The van der Waals surface area contributed by atoms with Crippen LogP contribution in [0.15, 0.2) is 0 Å². The maximum Gasteiger partial charge on any atom is 0.352 e. The van der Waals surface area contributed by atoms with Gasteiger partial charge < -0.3 is 14.6 Å². The Balaban J connectivity index is 2.25. The summed E-state index contributed by atoms with van der Waals surface area (Å²) >= 11 is 0. The molecule has 8 nitrogen and oxygen atoms in total. The normalized spacial score (nSPS) is 22.2. The molecule has 0 aliphatic carbocycles. The second kappa shape index (κ2) is 6.86. The van der Waals surface area contributed by atoms with Gasteiger partial charge in [0.15, 0.2) is 0 Å². The van der Waals surface area contributed by atoms with Crippen LogP contribution >= 0.6 is 0 Å². The van der Waals surface area contributed by atoms with Crippen molar-refractivity contribution in [2.45, 2.75) is 45.3 Å². The number of aliphatic hydroxyl groups excluding tert-OH is 1. The van der Waals surface area contributed by atoms with Crippen molar-refractivity contribution in [3.8, 4) is 5.88 Å². The molecular weight excluding hydrogens is 278 g/mol. The Morgan fingerprint density at radius 1 is 1.62 bits per heavy atom. The molecule has 1 N–H and O–H groups in total. The molecule has 2 atom stereocenters. The average molecular weight is 299 g/mol. The summed E-state index contributed by atoms with van der Waals surface area (Å²) in [4.78, 5) is 10.8. The van der Waals surface area contributed by atoms with E-state index >= 15 is 0 Å². The van der Waals surface area contributed by atoms with Gasteiger partial charge in [-0.1, -0.05) is 0 Å². The summed E-state index contributed by atoms with van der Waals surface area (Å²) in [5, 5.41) is 24.3. The Bertz CT molecular complexity index is 502. The van der Waals surface area contributed by atoms with Crippen LogP contribution in [0.2, 0.25) is 0 Å².